The minimum atomic E-state index is -1.71. The molecular formula is C12H12FNO3. The molecule has 0 spiro atoms. The molecular weight excluding hydrogens is 225 g/mol. The lowest BCUT2D eigenvalue weighted by molar-refractivity contribution is -0.146. The molecule has 1 atom stereocenters. The Labute approximate surface area is 96.9 Å². The highest BCUT2D eigenvalue weighted by Crippen LogP contribution is 2.31. The van der Waals surface area contributed by atoms with Crippen LogP contribution in [0, 0.1) is 12.7 Å². The van der Waals surface area contributed by atoms with Gasteiger partial charge in [-0.25, -0.2) is 9.18 Å². The average molecular weight is 237 g/mol. The molecule has 17 heavy (non-hydrogen) atoms. The van der Waals surface area contributed by atoms with E-state index in [9.17, 15) is 14.3 Å². The highest BCUT2D eigenvalue weighted by atomic mass is 19.1. The number of hydrogen-bond acceptors (Lipinski definition) is 2. The van der Waals surface area contributed by atoms with Gasteiger partial charge in [0, 0.05) is 23.7 Å². The molecule has 1 aromatic carbocycles. The summed E-state index contributed by atoms with van der Waals surface area (Å²) in [5.74, 6) is -1.91. The number of aliphatic carboxylic acids is 1. The second-order valence-corrected chi connectivity index (χ2v) is 3.93. The molecule has 0 aliphatic heterocycles. The largest absolute Gasteiger partial charge is 0.479 e. The number of nitrogens with zero attached hydrogens (tertiary/aromatic N) is 1. The van der Waals surface area contributed by atoms with Gasteiger partial charge in [0.25, 0.3) is 0 Å². The number of benzene rings is 1. The van der Waals surface area contributed by atoms with Crippen molar-refractivity contribution in [2.24, 2.45) is 7.05 Å². The SMILES string of the molecule is Cc1c(C(O)C(=O)O)c2c(F)cccc2n1C. The summed E-state index contributed by atoms with van der Waals surface area (Å²) in [5.41, 5.74) is 1.23. The number of carboxylic acid groups (broad SMARTS) is 1. The Hall–Kier alpha value is -1.88. The summed E-state index contributed by atoms with van der Waals surface area (Å²) in [5, 5.41) is 18.6. The molecule has 0 saturated heterocycles. The Morgan fingerprint density at radius 3 is 2.71 bits per heavy atom. The van der Waals surface area contributed by atoms with E-state index in [0.717, 1.165) is 0 Å². The molecule has 0 saturated carbocycles. The van der Waals surface area contributed by atoms with Crippen LogP contribution in [0.3, 0.4) is 0 Å². The lowest BCUT2D eigenvalue weighted by atomic mass is 10.1. The van der Waals surface area contributed by atoms with Crippen LogP contribution in [0.1, 0.15) is 17.4 Å². The van der Waals surface area contributed by atoms with Crippen molar-refractivity contribution in [3.8, 4) is 0 Å². The molecule has 0 amide bonds. The second kappa shape index (κ2) is 3.85. The number of hydrogen-bond donors (Lipinski definition) is 2. The van der Waals surface area contributed by atoms with Gasteiger partial charge < -0.3 is 14.8 Å². The number of halogens is 1. The second-order valence-electron chi connectivity index (χ2n) is 3.93. The van der Waals surface area contributed by atoms with Gasteiger partial charge in [0.05, 0.1) is 5.52 Å². The monoisotopic (exact) mass is 237 g/mol. The van der Waals surface area contributed by atoms with E-state index in [0.29, 0.717) is 11.2 Å². The molecule has 5 heteroatoms. The highest BCUT2D eigenvalue weighted by molar-refractivity contribution is 5.90. The Balaban J connectivity index is 2.87. The van der Waals surface area contributed by atoms with Gasteiger partial charge in [0.1, 0.15) is 5.82 Å². The minimum absolute atomic E-state index is 0.119. The zero-order valence-electron chi connectivity index (χ0n) is 9.44. The molecule has 0 fully saturated rings. The first-order chi connectivity index (χ1) is 7.95. The lowest BCUT2D eigenvalue weighted by Gasteiger charge is -2.06. The van der Waals surface area contributed by atoms with E-state index >= 15 is 0 Å². The third kappa shape index (κ3) is 1.59. The molecule has 0 bridgehead atoms. The standard InChI is InChI=1S/C12H12FNO3/c1-6-9(11(15)12(16)17)10-7(13)4-3-5-8(10)14(6)2/h3-5,11,15H,1-2H3,(H,16,17). The summed E-state index contributed by atoms with van der Waals surface area (Å²) < 4.78 is 15.4. The predicted molar refractivity (Wildman–Crippen MR) is 60.2 cm³/mol. The van der Waals surface area contributed by atoms with Crippen LogP contribution < -0.4 is 0 Å². The van der Waals surface area contributed by atoms with Crippen molar-refractivity contribution in [1.82, 2.24) is 4.57 Å². The van der Waals surface area contributed by atoms with Crippen LogP contribution in [0.2, 0.25) is 0 Å². The van der Waals surface area contributed by atoms with Gasteiger partial charge in [0.15, 0.2) is 6.10 Å². The minimum Gasteiger partial charge on any atom is -0.479 e. The number of fused-ring (bicyclic) bond motifs is 1. The quantitative estimate of drug-likeness (QED) is 0.836. The van der Waals surface area contributed by atoms with Gasteiger partial charge >= 0.3 is 5.97 Å². The number of aliphatic hydroxyl groups excluding tert-OH is 1. The van der Waals surface area contributed by atoms with Crippen molar-refractivity contribution < 1.29 is 19.4 Å². The van der Waals surface area contributed by atoms with E-state index in [1.54, 1.807) is 30.7 Å². The fraction of sp³-hybridized carbons (Fsp3) is 0.250. The van der Waals surface area contributed by atoms with Crippen molar-refractivity contribution in [2.45, 2.75) is 13.0 Å². The Bertz CT molecular complexity index is 603. The van der Waals surface area contributed by atoms with Gasteiger partial charge in [-0.1, -0.05) is 6.07 Å². The van der Waals surface area contributed by atoms with Crippen molar-refractivity contribution >= 4 is 16.9 Å². The van der Waals surface area contributed by atoms with Crippen molar-refractivity contribution in [3.63, 3.8) is 0 Å². The number of aliphatic hydroxyl groups is 1. The Kier molecular flexibility index (Phi) is 2.63. The first-order valence-electron chi connectivity index (χ1n) is 5.09. The summed E-state index contributed by atoms with van der Waals surface area (Å²) in [6.45, 7) is 1.65. The van der Waals surface area contributed by atoms with Gasteiger partial charge in [-0.15, -0.1) is 0 Å². The average Bonchev–Trinajstić information content (AvgIpc) is 2.53. The number of aryl methyl sites for hydroxylation is 1. The molecule has 2 aromatic rings. The van der Waals surface area contributed by atoms with Crippen LogP contribution in [-0.2, 0) is 11.8 Å². The molecule has 1 aromatic heterocycles. The summed E-state index contributed by atoms with van der Waals surface area (Å²) in [6, 6.07) is 4.48. The van der Waals surface area contributed by atoms with E-state index in [4.69, 9.17) is 5.11 Å². The summed E-state index contributed by atoms with van der Waals surface area (Å²) in [6.07, 6.45) is -1.71. The third-order valence-corrected chi connectivity index (χ3v) is 3.02. The highest BCUT2D eigenvalue weighted by Gasteiger charge is 2.25. The lowest BCUT2D eigenvalue weighted by Crippen LogP contribution is -2.11. The van der Waals surface area contributed by atoms with Gasteiger partial charge in [-0.2, -0.15) is 0 Å². The third-order valence-electron chi connectivity index (χ3n) is 3.02. The first kappa shape index (κ1) is 11.6. The molecule has 2 N–H and O–H groups in total. The van der Waals surface area contributed by atoms with E-state index in [1.165, 1.54) is 6.07 Å². The maximum atomic E-state index is 13.7. The topological polar surface area (TPSA) is 62.5 Å². The van der Waals surface area contributed by atoms with Gasteiger partial charge in [0.2, 0.25) is 0 Å². The molecule has 2 rings (SSSR count). The van der Waals surface area contributed by atoms with Gasteiger partial charge in [-0.3, -0.25) is 0 Å². The van der Waals surface area contributed by atoms with Crippen LogP contribution in [0.5, 0.6) is 0 Å². The van der Waals surface area contributed by atoms with E-state index in [1.807, 2.05) is 0 Å². The number of aromatic nitrogens is 1. The predicted octanol–water partition coefficient (Wildman–Crippen LogP) is 1.74. The van der Waals surface area contributed by atoms with Crippen LogP contribution in [0.15, 0.2) is 18.2 Å². The van der Waals surface area contributed by atoms with Crippen LogP contribution in [-0.4, -0.2) is 20.7 Å². The fourth-order valence-electron chi connectivity index (χ4n) is 2.06. The first-order valence-corrected chi connectivity index (χ1v) is 5.09. The summed E-state index contributed by atoms with van der Waals surface area (Å²) in [4.78, 5) is 10.8. The van der Waals surface area contributed by atoms with Crippen LogP contribution in [0.25, 0.3) is 10.9 Å². The molecule has 0 aliphatic carbocycles. The van der Waals surface area contributed by atoms with Crippen LogP contribution >= 0.6 is 0 Å². The zero-order valence-corrected chi connectivity index (χ0v) is 9.44. The van der Waals surface area contributed by atoms with Gasteiger partial charge in [-0.05, 0) is 19.1 Å². The molecule has 1 unspecified atom stereocenters. The summed E-state index contributed by atoms with van der Waals surface area (Å²) in [7, 11) is 1.70. The van der Waals surface area contributed by atoms with Crippen molar-refractivity contribution in [2.75, 3.05) is 0 Å². The number of carbonyl (C=O) groups is 1. The maximum absolute atomic E-state index is 13.7. The Morgan fingerprint density at radius 2 is 2.12 bits per heavy atom. The van der Waals surface area contributed by atoms with Crippen molar-refractivity contribution in [3.05, 3.63) is 35.3 Å². The molecule has 4 nitrogen and oxygen atoms in total. The molecule has 90 valence electrons. The zero-order chi connectivity index (χ0) is 12.7. The normalized spacial score (nSPS) is 12.9. The van der Waals surface area contributed by atoms with E-state index in [-0.39, 0.29) is 10.9 Å². The Morgan fingerprint density at radius 1 is 1.47 bits per heavy atom. The summed E-state index contributed by atoms with van der Waals surface area (Å²) >= 11 is 0. The fourth-order valence-corrected chi connectivity index (χ4v) is 2.06. The molecule has 0 aliphatic rings. The maximum Gasteiger partial charge on any atom is 0.337 e. The number of rotatable bonds is 2. The molecule has 1 heterocycles. The van der Waals surface area contributed by atoms with E-state index in [2.05, 4.69) is 0 Å². The van der Waals surface area contributed by atoms with Crippen LogP contribution in [0.4, 0.5) is 4.39 Å². The van der Waals surface area contributed by atoms with Crippen molar-refractivity contribution in [1.29, 1.82) is 0 Å². The number of carboxylic acids is 1. The van der Waals surface area contributed by atoms with E-state index < -0.39 is 17.9 Å². The molecule has 0 radical (unpaired) electrons. The smallest absolute Gasteiger partial charge is 0.337 e.